The molecule has 0 spiro atoms. The van der Waals surface area contributed by atoms with Crippen LogP contribution in [0.1, 0.15) is 25.3 Å². The summed E-state index contributed by atoms with van der Waals surface area (Å²) in [6, 6.07) is 8.77. The summed E-state index contributed by atoms with van der Waals surface area (Å²) in [7, 11) is 1.66. The van der Waals surface area contributed by atoms with Crippen molar-refractivity contribution in [3.63, 3.8) is 0 Å². The molecule has 0 heterocycles. The number of hydrogen-bond donors (Lipinski definition) is 2. The van der Waals surface area contributed by atoms with Crippen molar-refractivity contribution < 1.29 is 4.79 Å². The molecule has 1 amide bonds. The molecule has 0 bridgehead atoms. The first-order chi connectivity index (χ1) is 8.17. The molecule has 0 aromatic heterocycles. The molecule has 3 heteroatoms. The highest BCUT2D eigenvalue weighted by atomic mass is 16.1. The Morgan fingerprint density at radius 3 is 2.47 bits per heavy atom. The van der Waals surface area contributed by atoms with Crippen molar-refractivity contribution in [1.82, 2.24) is 5.32 Å². The fourth-order valence-corrected chi connectivity index (χ4v) is 2.25. The summed E-state index contributed by atoms with van der Waals surface area (Å²) in [5.41, 5.74) is 2.21. The third-order valence-electron chi connectivity index (χ3n) is 3.34. The number of carbonyl (C=O) groups is 1. The van der Waals surface area contributed by atoms with Gasteiger partial charge < -0.3 is 10.6 Å². The van der Waals surface area contributed by atoms with Gasteiger partial charge in [0.15, 0.2) is 0 Å². The SMILES string of the molecule is CNC(=O)Cc1ccc(NC2CC(C)C2)cc1. The van der Waals surface area contributed by atoms with Gasteiger partial charge in [0.05, 0.1) is 6.42 Å². The Hall–Kier alpha value is -1.51. The lowest BCUT2D eigenvalue weighted by atomic mass is 9.82. The standard InChI is InChI=1S/C14H20N2O/c1-10-7-13(8-10)16-12-5-3-11(4-6-12)9-14(17)15-2/h3-6,10,13,16H,7-9H2,1-2H3,(H,15,17). The molecule has 0 saturated heterocycles. The van der Waals surface area contributed by atoms with Gasteiger partial charge in [0.1, 0.15) is 0 Å². The second-order valence-electron chi connectivity index (χ2n) is 4.96. The van der Waals surface area contributed by atoms with Gasteiger partial charge in [0.25, 0.3) is 0 Å². The zero-order chi connectivity index (χ0) is 12.3. The van der Waals surface area contributed by atoms with Gasteiger partial charge in [-0.25, -0.2) is 0 Å². The molecule has 0 aliphatic heterocycles. The van der Waals surface area contributed by atoms with Crippen molar-refractivity contribution in [1.29, 1.82) is 0 Å². The van der Waals surface area contributed by atoms with Gasteiger partial charge in [-0.1, -0.05) is 19.1 Å². The Morgan fingerprint density at radius 1 is 1.29 bits per heavy atom. The van der Waals surface area contributed by atoms with E-state index in [0.29, 0.717) is 12.5 Å². The van der Waals surface area contributed by atoms with E-state index < -0.39 is 0 Å². The van der Waals surface area contributed by atoms with Crippen LogP contribution in [-0.4, -0.2) is 19.0 Å². The summed E-state index contributed by atoms with van der Waals surface area (Å²) in [4.78, 5) is 11.2. The molecule has 1 aromatic carbocycles. The Bertz CT molecular complexity index is 380. The van der Waals surface area contributed by atoms with Crippen LogP contribution in [0.4, 0.5) is 5.69 Å². The van der Waals surface area contributed by atoms with Crippen molar-refractivity contribution in [2.45, 2.75) is 32.2 Å². The van der Waals surface area contributed by atoms with Crippen LogP contribution in [-0.2, 0) is 11.2 Å². The van der Waals surface area contributed by atoms with Crippen LogP contribution in [0.2, 0.25) is 0 Å². The summed E-state index contributed by atoms with van der Waals surface area (Å²) < 4.78 is 0. The molecular formula is C14H20N2O. The Morgan fingerprint density at radius 2 is 1.94 bits per heavy atom. The molecule has 1 aliphatic carbocycles. The van der Waals surface area contributed by atoms with Crippen LogP contribution in [0.25, 0.3) is 0 Å². The monoisotopic (exact) mass is 232 g/mol. The molecule has 1 aliphatic rings. The number of amides is 1. The molecular weight excluding hydrogens is 212 g/mol. The predicted octanol–water partition coefficient (Wildman–Crippen LogP) is 2.19. The molecule has 17 heavy (non-hydrogen) atoms. The lowest BCUT2D eigenvalue weighted by molar-refractivity contribution is -0.119. The molecule has 3 nitrogen and oxygen atoms in total. The van der Waals surface area contributed by atoms with Gasteiger partial charge in [-0.15, -0.1) is 0 Å². The van der Waals surface area contributed by atoms with E-state index in [0.717, 1.165) is 17.2 Å². The summed E-state index contributed by atoms with van der Waals surface area (Å²) in [6.45, 7) is 2.28. The zero-order valence-electron chi connectivity index (χ0n) is 10.5. The average molecular weight is 232 g/mol. The normalized spacial score (nSPS) is 22.7. The van der Waals surface area contributed by atoms with Crippen LogP contribution in [0.15, 0.2) is 24.3 Å². The minimum absolute atomic E-state index is 0.0542. The summed E-state index contributed by atoms with van der Waals surface area (Å²) in [5.74, 6) is 0.915. The molecule has 1 fully saturated rings. The maximum Gasteiger partial charge on any atom is 0.224 e. The summed E-state index contributed by atoms with van der Waals surface area (Å²) in [6.07, 6.45) is 2.98. The topological polar surface area (TPSA) is 41.1 Å². The molecule has 0 unspecified atom stereocenters. The van der Waals surface area contributed by atoms with Gasteiger partial charge in [-0.05, 0) is 36.5 Å². The lowest BCUT2D eigenvalue weighted by Crippen LogP contribution is -2.33. The quantitative estimate of drug-likeness (QED) is 0.835. The molecule has 0 radical (unpaired) electrons. The average Bonchev–Trinajstić information content (AvgIpc) is 2.29. The first kappa shape index (κ1) is 12.0. The molecule has 92 valence electrons. The van der Waals surface area contributed by atoms with Crippen LogP contribution >= 0.6 is 0 Å². The Kier molecular flexibility index (Phi) is 3.67. The maximum atomic E-state index is 11.2. The van der Waals surface area contributed by atoms with Gasteiger partial charge in [-0.2, -0.15) is 0 Å². The van der Waals surface area contributed by atoms with Crippen LogP contribution in [0, 0.1) is 5.92 Å². The number of rotatable bonds is 4. The highest BCUT2D eigenvalue weighted by molar-refractivity contribution is 5.78. The zero-order valence-corrected chi connectivity index (χ0v) is 10.5. The Labute approximate surface area is 103 Å². The van der Waals surface area contributed by atoms with E-state index in [1.165, 1.54) is 12.8 Å². The van der Waals surface area contributed by atoms with E-state index in [2.05, 4.69) is 29.7 Å². The maximum absolute atomic E-state index is 11.2. The van der Waals surface area contributed by atoms with Gasteiger partial charge in [0, 0.05) is 18.8 Å². The van der Waals surface area contributed by atoms with E-state index in [4.69, 9.17) is 0 Å². The van der Waals surface area contributed by atoms with Crippen LogP contribution in [0.5, 0.6) is 0 Å². The van der Waals surface area contributed by atoms with Crippen molar-refractivity contribution in [3.05, 3.63) is 29.8 Å². The van der Waals surface area contributed by atoms with Crippen LogP contribution < -0.4 is 10.6 Å². The third kappa shape index (κ3) is 3.22. The first-order valence-corrected chi connectivity index (χ1v) is 6.23. The summed E-state index contributed by atoms with van der Waals surface area (Å²) >= 11 is 0. The minimum atomic E-state index is 0.0542. The smallest absolute Gasteiger partial charge is 0.224 e. The predicted molar refractivity (Wildman–Crippen MR) is 70.0 cm³/mol. The van der Waals surface area contributed by atoms with Crippen molar-refractivity contribution in [2.24, 2.45) is 5.92 Å². The van der Waals surface area contributed by atoms with E-state index in [1.54, 1.807) is 7.05 Å². The van der Waals surface area contributed by atoms with Crippen molar-refractivity contribution in [2.75, 3.05) is 12.4 Å². The fraction of sp³-hybridized carbons (Fsp3) is 0.500. The summed E-state index contributed by atoms with van der Waals surface area (Å²) in [5, 5.41) is 6.13. The largest absolute Gasteiger partial charge is 0.382 e. The van der Waals surface area contributed by atoms with E-state index in [9.17, 15) is 4.79 Å². The second-order valence-corrected chi connectivity index (χ2v) is 4.96. The van der Waals surface area contributed by atoms with Crippen molar-refractivity contribution in [3.8, 4) is 0 Å². The number of carbonyl (C=O) groups excluding carboxylic acids is 1. The molecule has 1 aromatic rings. The van der Waals surface area contributed by atoms with Gasteiger partial charge in [-0.3, -0.25) is 4.79 Å². The van der Waals surface area contributed by atoms with Gasteiger partial charge in [0.2, 0.25) is 5.91 Å². The lowest BCUT2D eigenvalue weighted by Gasteiger charge is -2.34. The number of benzene rings is 1. The third-order valence-corrected chi connectivity index (χ3v) is 3.34. The minimum Gasteiger partial charge on any atom is -0.382 e. The Balaban J connectivity index is 1.87. The molecule has 0 atom stereocenters. The van der Waals surface area contributed by atoms with E-state index in [1.807, 2.05) is 12.1 Å². The molecule has 1 saturated carbocycles. The number of anilines is 1. The van der Waals surface area contributed by atoms with Gasteiger partial charge >= 0.3 is 0 Å². The number of hydrogen-bond acceptors (Lipinski definition) is 2. The van der Waals surface area contributed by atoms with Crippen LogP contribution in [0.3, 0.4) is 0 Å². The van der Waals surface area contributed by atoms with E-state index in [-0.39, 0.29) is 5.91 Å². The number of nitrogens with one attached hydrogen (secondary N) is 2. The highest BCUT2D eigenvalue weighted by Crippen LogP contribution is 2.29. The first-order valence-electron chi connectivity index (χ1n) is 6.23. The second kappa shape index (κ2) is 5.21. The van der Waals surface area contributed by atoms with Crippen molar-refractivity contribution >= 4 is 11.6 Å². The van der Waals surface area contributed by atoms with E-state index >= 15 is 0 Å². The molecule has 2 rings (SSSR count). The fourth-order valence-electron chi connectivity index (χ4n) is 2.25. The molecule has 2 N–H and O–H groups in total. The number of likely N-dealkylation sites (N-methyl/N-ethyl adjacent to an activating group) is 1. The highest BCUT2D eigenvalue weighted by Gasteiger charge is 2.24.